The summed E-state index contributed by atoms with van der Waals surface area (Å²) in [6.45, 7) is 1.70. The van der Waals surface area contributed by atoms with Crippen LogP contribution in [0.1, 0.15) is 24.2 Å². The third-order valence-electron chi connectivity index (χ3n) is 3.67. The molecule has 2 aromatic heterocycles. The molecular weight excluding hydrogens is 272 g/mol. The normalized spacial score (nSPS) is 14.4. The predicted octanol–water partition coefficient (Wildman–Crippen LogP) is 2.23. The molecule has 3 aromatic rings. The third kappa shape index (κ3) is 1.94. The van der Waals surface area contributed by atoms with Crippen LogP contribution in [0.4, 0.5) is 5.95 Å². The van der Waals surface area contributed by atoms with Gasteiger partial charge in [-0.15, -0.1) is 10.2 Å². The minimum absolute atomic E-state index is 0.695. The number of hydrogen-bond donors (Lipinski definition) is 1. The minimum Gasteiger partial charge on any atom is -0.350 e. The fraction of sp³-hybridized carbons (Fsp3) is 0.385. The Morgan fingerprint density at radius 1 is 1.20 bits per heavy atom. The lowest BCUT2D eigenvalue weighted by atomic mass is 10.1. The molecule has 102 valence electrons. The van der Waals surface area contributed by atoms with E-state index >= 15 is 0 Å². The first-order valence-electron chi connectivity index (χ1n) is 6.78. The molecule has 4 rings (SSSR count). The van der Waals surface area contributed by atoms with E-state index in [1.54, 1.807) is 0 Å². The van der Waals surface area contributed by atoms with Gasteiger partial charge in [0.25, 0.3) is 0 Å². The number of aryl methyl sites for hydroxylation is 1. The Labute approximate surface area is 120 Å². The van der Waals surface area contributed by atoms with Gasteiger partial charge in [0.15, 0.2) is 0 Å². The number of nitrogens with one attached hydrogen (secondary N) is 1. The lowest BCUT2D eigenvalue weighted by molar-refractivity contribution is 0.525. The summed E-state index contributed by atoms with van der Waals surface area (Å²) in [4.78, 5) is 0. The number of hydrogen-bond acceptors (Lipinski definition) is 6. The summed E-state index contributed by atoms with van der Waals surface area (Å²) in [5, 5.41) is 11.9. The average molecular weight is 286 g/mol. The van der Waals surface area contributed by atoms with E-state index in [9.17, 15) is 0 Å². The molecule has 0 spiro atoms. The summed E-state index contributed by atoms with van der Waals surface area (Å²) in [6, 6.07) is 6.07. The van der Waals surface area contributed by atoms with Crippen LogP contribution < -0.4 is 5.32 Å². The van der Waals surface area contributed by atoms with Crippen LogP contribution in [0, 0.1) is 0 Å². The summed E-state index contributed by atoms with van der Waals surface area (Å²) < 4.78 is 10.8. The number of benzene rings is 1. The first kappa shape index (κ1) is 11.8. The van der Waals surface area contributed by atoms with Crippen LogP contribution in [-0.4, -0.2) is 23.5 Å². The molecule has 0 amide bonds. The molecule has 6 nitrogen and oxygen atoms in total. The monoisotopic (exact) mass is 286 g/mol. The summed E-state index contributed by atoms with van der Waals surface area (Å²) >= 11 is 1.25. The standard InChI is InChI=1S/C13H14N6S/c1-2-7-19-11(6-1)15-16-13(19)14-8-9-4-3-5-10-12(9)18-20-17-10/h3-5H,1-2,6-8H2,(H,14,16). The molecule has 0 atom stereocenters. The Balaban J connectivity index is 1.58. The first-order chi connectivity index (χ1) is 9.92. The van der Waals surface area contributed by atoms with Crippen molar-refractivity contribution in [2.75, 3.05) is 5.32 Å². The van der Waals surface area contributed by atoms with E-state index in [-0.39, 0.29) is 0 Å². The van der Waals surface area contributed by atoms with Crippen molar-refractivity contribution in [2.45, 2.75) is 32.4 Å². The second kappa shape index (κ2) is 4.82. The van der Waals surface area contributed by atoms with Crippen LogP contribution in [0.15, 0.2) is 18.2 Å². The Bertz CT molecular complexity index is 746. The minimum atomic E-state index is 0.695. The number of nitrogens with zero attached hydrogens (tertiary/aromatic N) is 5. The Morgan fingerprint density at radius 3 is 3.20 bits per heavy atom. The van der Waals surface area contributed by atoms with Gasteiger partial charge in [0.1, 0.15) is 16.9 Å². The Morgan fingerprint density at radius 2 is 2.20 bits per heavy atom. The fourth-order valence-electron chi connectivity index (χ4n) is 2.62. The maximum Gasteiger partial charge on any atom is 0.224 e. The number of rotatable bonds is 3. The highest BCUT2D eigenvalue weighted by molar-refractivity contribution is 7.00. The van der Waals surface area contributed by atoms with Crippen molar-refractivity contribution in [3.05, 3.63) is 29.6 Å². The molecule has 0 saturated carbocycles. The smallest absolute Gasteiger partial charge is 0.224 e. The van der Waals surface area contributed by atoms with E-state index in [0.717, 1.165) is 41.3 Å². The Hall–Kier alpha value is -2.02. The zero-order valence-electron chi connectivity index (χ0n) is 10.9. The molecule has 1 aliphatic heterocycles. The van der Waals surface area contributed by atoms with Gasteiger partial charge in [-0.3, -0.25) is 4.57 Å². The van der Waals surface area contributed by atoms with Gasteiger partial charge in [0.2, 0.25) is 5.95 Å². The molecular formula is C13H14N6S. The van der Waals surface area contributed by atoms with Crippen LogP contribution in [0.3, 0.4) is 0 Å². The van der Waals surface area contributed by atoms with Gasteiger partial charge in [-0.2, -0.15) is 8.75 Å². The van der Waals surface area contributed by atoms with Crippen molar-refractivity contribution in [3.8, 4) is 0 Å². The molecule has 20 heavy (non-hydrogen) atoms. The van der Waals surface area contributed by atoms with Crippen LogP contribution in [0.25, 0.3) is 11.0 Å². The van der Waals surface area contributed by atoms with E-state index in [2.05, 4.69) is 34.9 Å². The number of fused-ring (bicyclic) bond motifs is 2. The maximum absolute atomic E-state index is 4.35. The zero-order valence-corrected chi connectivity index (χ0v) is 11.7. The topological polar surface area (TPSA) is 68.5 Å². The first-order valence-corrected chi connectivity index (χ1v) is 7.51. The van der Waals surface area contributed by atoms with Gasteiger partial charge in [0, 0.05) is 25.1 Å². The molecule has 0 aliphatic carbocycles. The molecule has 1 aliphatic rings. The van der Waals surface area contributed by atoms with Crippen LogP contribution in [-0.2, 0) is 19.5 Å². The number of aromatic nitrogens is 5. The van der Waals surface area contributed by atoms with Crippen molar-refractivity contribution in [3.63, 3.8) is 0 Å². The summed E-state index contributed by atoms with van der Waals surface area (Å²) in [6.07, 6.45) is 3.44. The third-order valence-corrected chi connectivity index (χ3v) is 4.21. The molecule has 0 saturated heterocycles. The lowest BCUT2D eigenvalue weighted by Crippen LogP contribution is -2.14. The highest BCUT2D eigenvalue weighted by atomic mass is 32.1. The summed E-state index contributed by atoms with van der Waals surface area (Å²) in [5.41, 5.74) is 3.07. The van der Waals surface area contributed by atoms with Gasteiger partial charge in [-0.25, -0.2) is 0 Å². The molecule has 7 heteroatoms. The van der Waals surface area contributed by atoms with Gasteiger partial charge in [-0.1, -0.05) is 12.1 Å². The molecule has 3 heterocycles. The van der Waals surface area contributed by atoms with E-state index in [0.29, 0.717) is 6.54 Å². The predicted molar refractivity (Wildman–Crippen MR) is 77.7 cm³/mol. The molecule has 0 bridgehead atoms. The van der Waals surface area contributed by atoms with E-state index in [1.165, 1.54) is 24.6 Å². The van der Waals surface area contributed by atoms with Crippen LogP contribution in [0.5, 0.6) is 0 Å². The number of anilines is 1. The van der Waals surface area contributed by atoms with Crippen LogP contribution in [0.2, 0.25) is 0 Å². The highest BCUT2D eigenvalue weighted by Crippen LogP contribution is 2.20. The largest absolute Gasteiger partial charge is 0.350 e. The zero-order chi connectivity index (χ0) is 13.4. The van der Waals surface area contributed by atoms with Crippen molar-refractivity contribution in [2.24, 2.45) is 0 Å². The van der Waals surface area contributed by atoms with E-state index < -0.39 is 0 Å². The molecule has 1 aromatic carbocycles. The van der Waals surface area contributed by atoms with Crippen LogP contribution >= 0.6 is 11.7 Å². The second-order valence-corrected chi connectivity index (χ2v) is 5.48. The molecule has 0 unspecified atom stereocenters. The van der Waals surface area contributed by atoms with E-state index in [4.69, 9.17) is 0 Å². The van der Waals surface area contributed by atoms with Crippen molar-refractivity contribution < 1.29 is 0 Å². The summed E-state index contributed by atoms with van der Waals surface area (Å²) in [5.74, 6) is 1.95. The fourth-order valence-corrected chi connectivity index (χ4v) is 3.19. The molecule has 1 N–H and O–H groups in total. The van der Waals surface area contributed by atoms with Crippen molar-refractivity contribution in [1.29, 1.82) is 0 Å². The average Bonchev–Trinajstić information content (AvgIpc) is 3.12. The van der Waals surface area contributed by atoms with Gasteiger partial charge >= 0.3 is 0 Å². The SMILES string of the molecule is c1cc(CNc2nnc3n2CCCC3)c2nsnc2c1. The maximum atomic E-state index is 4.35. The summed E-state index contributed by atoms with van der Waals surface area (Å²) in [7, 11) is 0. The van der Waals surface area contributed by atoms with Gasteiger partial charge in [0.05, 0.1) is 11.7 Å². The van der Waals surface area contributed by atoms with Gasteiger partial charge in [-0.05, 0) is 18.9 Å². The quantitative estimate of drug-likeness (QED) is 0.799. The van der Waals surface area contributed by atoms with Gasteiger partial charge < -0.3 is 5.32 Å². The Kier molecular flexibility index (Phi) is 2.84. The second-order valence-electron chi connectivity index (χ2n) is 4.95. The van der Waals surface area contributed by atoms with E-state index in [1.807, 2.05) is 12.1 Å². The lowest BCUT2D eigenvalue weighted by Gasteiger charge is -2.15. The molecule has 0 radical (unpaired) electrons. The molecule has 0 fully saturated rings. The van der Waals surface area contributed by atoms with Crippen molar-refractivity contribution in [1.82, 2.24) is 23.5 Å². The highest BCUT2D eigenvalue weighted by Gasteiger charge is 2.15. The van der Waals surface area contributed by atoms with Crippen molar-refractivity contribution >= 4 is 28.7 Å².